The molecule has 1 aromatic heterocycles. The minimum absolute atomic E-state index is 0.273. The number of aromatic nitrogens is 1. The zero-order chi connectivity index (χ0) is 10.8. The molecule has 0 amide bonds. The number of aliphatic hydroxyl groups excluding tert-OH is 1. The molecule has 2 heterocycles. The Morgan fingerprint density at radius 3 is 2.93 bits per heavy atom. The first-order chi connectivity index (χ1) is 7.16. The summed E-state index contributed by atoms with van der Waals surface area (Å²) in [7, 11) is 0. The van der Waals surface area contributed by atoms with Gasteiger partial charge >= 0.3 is 0 Å². The molecule has 3 nitrogen and oxygen atoms in total. The van der Waals surface area contributed by atoms with Crippen LogP contribution in [0.15, 0.2) is 0 Å². The highest BCUT2D eigenvalue weighted by Crippen LogP contribution is 2.20. The molecule has 0 bridgehead atoms. The van der Waals surface area contributed by atoms with Crippen LogP contribution in [0, 0.1) is 13.8 Å². The molecular weight excluding hydrogens is 208 g/mol. The van der Waals surface area contributed by atoms with Gasteiger partial charge in [0, 0.05) is 17.3 Å². The normalized spacial score (nSPS) is 23.3. The number of hydrogen-bond acceptors (Lipinski definition) is 4. The maximum Gasteiger partial charge on any atom is 0.0957 e. The highest BCUT2D eigenvalue weighted by atomic mass is 32.1. The van der Waals surface area contributed by atoms with Gasteiger partial charge in [0.1, 0.15) is 0 Å². The Hall–Kier alpha value is -0.450. The van der Waals surface area contributed by atoms with Crippen molar-refractivity contribution in [3.8, 4) is 0 Å². The fraction of sp³-hybridized carbons (Fsp3) is 0.727. The van der Waals surface area contributed by atoms with Gasteiger partial charge in [0.15, 0.2) is 0 Å². The van der Waals surface area contributed by atoms with Crippen molar-refractivity contribution in [3.05, 3.63) is 15.6 Å². The molecule has 2 N–H and O–H groups in total. The van der Waals surface area contributed by atoms with E-state index in [4.69, 9.17) is 0 Å². The van der Waals surface area contributed by atoms with Crippen LogP contribution >= 0.6 is 11.3 Å². The molecule has 2 unspecified atom stereocenters. The third kappa shape index (κ3) is 2.56. The van der Waals surface area contributed by atoms with Gasteiger partial charge in [0.05, 0.1) is 16.8 Å². The summed E-state index contributed by atoms with van der Waals surface area (Å²) in [5, 5.41) is 14.4. The van der Waals surface area contributed by atoms with Crippen molar-refractivity contribution in [2.45, 2.75) is 45.3 Å². The maximum atomic E-state index is 10.0. The first-order valence-electron chi connectivity index (χ1n) is 5.51. The second-order valence-electron chi connectivity index (χ2n) is 4.22. The van der Waals surface area contributed by atoms with Crippen molar-refractivity contribution in [1.29, 1.82) is 0 Å². The van der Waals surface area contributed by atoms with Crippen molar-refractivity contribution in [1.82, 2.24) is 10.3 Å². The summed E-state index contributed by atoms with van der Waals surface area (Å²) in [6.45, 7) is 5.14. The van der Waals surface area contributed by atoms with Gasteiger partial charge in [0.25, 0.3) is 0 Å². The molecule has 2 atom stereocenters. The van der Waals surface area contributed by atoms with Crippen LogP contribution in [0.2, 0.25) is 0 Å². The third-order valence-electron chi connectivity index (χ3n) is 3.02. The van der Waals surface area contributed by atoms with Gasteiger partial charge in [-0.15, -0.1) is 11.3 Å². The average molecular weight is 226 g/mol. The molecule has 1 aromatic rings. The lowest BCUT2D eigenvalue weighted by molar-refractivity contribution is 0.136. The summed E-state index contributed by atoms with van der Waals surface area (Å²) in [6, 6.07) is 0.273. The summed E-state index contributed by atoms with van der Waals surface area (Å²) in [4.78, 5) is 5.71. The van der Waals surface area contributed by atoms with Crippen LogP contribution in [0.4, 0.5) is 0 Å². The van der Waals surface area contributed by atoms with E-state index in [9.17, 15) is 5.11 Å². The van der Waals surface area contributed by atoms with E-state index in [1.807, 2.05) is 6.92 Å². The van der Waals surface area contributed by atoms with Crippen LogP contribution in [0.1, 0.15) is 28.4 Å². The second-order valence-corrected chi connectivity index (χ2v) is 5.51. The molecule has 0 aromatic carbocycles. The summed E-state index contributed by atoms with van der Waals surface area (Å²) < 4.78 is 0. The SMILES string of the molecule is Cc1nc(CC(O)C2CCCN2)sc1C. The number of rotatable bonds is 3. The molecule has 1 fully saturated rings. The van der Waals surface area contributed by atoms with Crippen LogP contribution < -0.4 is 5.32 Å². The molecule has 1 aliphatic heterocycles. The highest BCUT2D eigenvalue weighted by Gasteiger charge is 2.23. The molecule has 4 heteroatoms. The number of nitrogens with zero attached hydrogens (tertiary/aromatic N) is 1. The molecule has 84 valence electrons. The second kappa shape index (κ2) is 4.60. The minimum atomic E-state index is -0.280. The molecular formula is C11H18N2OS. The van der Waals surface area contributed by atoms with E-state index in [1.54, 1.807) is 11.3 Å². The fourth-order valence-corrected chi connectivity index (χ4v) is 2.97. The first kappa shape index (κ1) is 11.0. The molecule has 1 saturated heterocycles. The average Bonchev–Trinajstić information content (AvgIpc) is 2.77. The van der Waals surface area contributed by atoms with Gasteiger partial charge in [-0.3, -0.25) is 0 Å². The predicted molar refractivity (Wildman–Crippen MR) is 62.3 cm³/mol. The van der Waals surface area contributed by atoms with E-state index in [0.29, 0.717) is 6.42 Å². The van der Waals surface area contributed by atoms with Gasteiger partial charge in [0.2, 0.25) is 0 Å². The smallest absolute Gasteiger partial charge is 0.0957 e. The van der Waals surface area contributed by atoms with Crippen molar-refractivity contribution in [2.75, 3.05) is 6.54 Å². The van der Waals surface area contributed by atoms with Crippen molar-refractivity contribution >= 4 is 11.3 Å². The van der Waals surface area contributed by atoms with Crippen molar-refractivity contribution in [2.24, 2.45) is 0 Å². The van der Waals surface area contributed by atoms with Gasteiger partial charge in [-0.2, -0.15) is 0 Å². The van der Waals surface area contributed by atoms with E-state index in [0.717, 1.165) is 23.7 Å². The van der Waals surface area contributed by atoms with Crippen LogP contribution in [-0.4, -0.2) is 28.8 Å². The Kier molecular flexibility index (Phi) is 3.38. The molecule has 1 aliphatic rings. The minimum Gasteiger partial charge on any atom is -0.391 e. The van der Waals surface area contributed by atoms with Crippen LogP contribution in [-0.2, 0) is 6.42 Å². The van der Waals surface area contributed by atoms with E-state index < -0.39 is 0 Å². The Balaban J connectivity index is 1.95. The largest absolute Gasteiger partial charge is 0.391 e. The van der Waals surface area contributed by atoms with Crippen LogP contribution in [0.3, 0.4) is 0 Å². The standard InChI is InChI=1S/C11H18N2OS/c1-7-8(2)15-11(13-7)6-10(14)9-4-3-5-12-9/h9-10,12,14H,3-6H2,1-2H3. The summed E-state index contributed by atoms with van der Waals surface area (Å²) in [6.07, 6.45) is 2.68. The topological polar surface area (TPSA) is 45.2 Å². The Morgan fingerprint density at radius 2 is 2.40 bits per heavy atom. The van der Waals surface area contributed by atoms with E-state index in [-0.39, 0.29) is 12.1 Å². The fourth-order valence-electron chi connectivity index (χ4n) is 1.99. The molecule has 0 radical (unpaired) electrons. The van der Waals surface area contributed by atoms with Gasteiger partial charge in [-0.25, -0.2) is 4.98 Å². The maximum absolute atomic E-state index is 10.0. The van der Waals surface area contributed by atoms with Crippen LogP contribution in [0.25, 0.3) is 0 Å². The van der Waals surface area contributed by atoms with Gasteiger partial charge < -0.3 is 10.4 Å². The zero-order valence-corrected chi connectivity index (χ0v) is 10.1. The van der Waals surface area contributed by atoms with E-state index in [2.05, 4.69) is 17.2 Å². The van der Waals surface area contributed by atoms with E-state index >= 15 is 0 Å². The lowest BCUT2D eigenvalue weighted by atomic mass is 10.1. The molecule has 0 saturated carbocycles. The number of thiazole rings is 1. The van der Waals surface area contributed by atoms with Gasteiger partial charge in [-0.05, 0) is 33.2 Å². The Bertz CT molecular complexity index is 312. The summed E-state index contributed by atoms with van der Waals surface area (Å²) in [5.74, 6) is 0. The van der Waals surface area contributed by atoms with Crippen molar-refractivity contribution in [3.63, 3.8) is 0 Å². The Morgan fingerprint density at radius 1 is 1.60 bits per heavy atom. The summed E-state index contributed by atoms with van der Waals surface area (Å²) in [5.41, 5.74) is 1.10. The molecule has 0 aliphatic carbocycles. The molecule has 0 spiro atoms. The number of aliphatic hydroxyl groups is 1. The quantitative estimate of drug-likeness (QED) is 0.819. The third-order valence-corrected chi connectivity index (χ3v) is 4.11. The highest BCUT2D eigenvalue weighted by molar-refractivity contribution is 7.11. The predicted octanol–water partition coefficient (Wildman–Crippen LogP) is 1.42. The number of aryl methyl sites for hydroxylation is 2. The lowest BCUT2D eigenvalue weighted by Crippen LogP contribution is -2.36. The molecule has 15 heavy (non-hydrogen) atoms. The van der Waals surface area contributed by atoms with Crippen LogP contribution in [0.5, 0.6) is 0 Å². The van der Waals surface area contributed by atoms with E-state index in [1.165, 1.54) is 11.3 Å². The summed E-state index contributed by atoms with van der Waals surface area (Å²) >= 11 is 1.70. The van der Waals surface area contributed by atoms with Crippen molar-refractivity contribution < 1.29 is 5.11 Å². The lowest BCUT2D eigenvalue weighted by Gasteiger charge is -2.16. The van der Waals surface area contributed by atoms with Gasteiger partial charge in [-0.1, -0.05) is 0 Å². The zero-order valence-electron chi connectivity index (χ0n) is 9.29. The Labute approximate surface area is 94.5 Å². The number of nitrogens with one attached hydrogen (secondary N) is 1. The number of hydrogen-bond donors (Lipinski definition) is 2. The monoisotopic (exact) mass is 226 g/mol. The first-order valence-corrected chi connectivity index (χ1v) is 6.33. The molecule has 2 rings (SSSR count).